The van der Waals surface area contributed by atoms with E-state index in [-0.39, 0.29) is 39.2 Å². The van der Waals surface area contributed by atoms with Gasteiger partial charge in [0.25, 0.3) is 6.71 Å². The fraction of sp³-hybridized carbons (Fsp3) is 0.189. The topological polar surface area (TPSA) is 45.1 Å². The van der Waals surface area contributed by atoms with E-state index in [1.165, 1.54) is 97.0 Å². The molecule has 0 aliphatic carbocycles. The van der Waals surface area contributed by atoms with Crippen molar-refractivity contribution in [2.24, 2.45) is 0 Å². The largest absolute Gasteiger partial charge is 0.311 e. The van der Waals surface area contributed by atoms with Crippen LogP contribution < -0.4 is 26.2 Å². The summed E-state index contributed by atoms with van der Waals surface area (Å²) in [6.45, 7) is 41.8. The highest BCUT2D eigenvalue weighted by atomic mass is 32.1. The number of nitriles is 1. The van der Waals surface area contributed by atoms with Gasteiger partial charge >= 0.3 is 0 Å². The first-order valence-corrected chi connectivity index (χ1v) is 48.8. The van der Waals surface area contributed by atoms with Gasteiger partial charge in [0.05, 0.1) is 67.5 Å². The monoisotopic (exact) mass is 1760 g/mol. The lowest BCUT2D eigenvalue weighted by atomic mass is 9.33. The van der Waals surface area contributed by atoms with Gasteiger partial charge in [-0.05, 0) is 250 Å². The molecule has 0 spiro atoms. The molecular formula is C127H111BN6S. The van der Waals surface area contributed by atoms with Crippen LogP contribution in [0.5, 0.6) is 0 Å². The van der Waals surface area contributed by atoms with Crippen molar-refractivity contribution < 1.29 is 0 Å². The summed E-state index contributed by atoms with van der Waals surface area (Å²) in [5, 5.41) is 20.5. The Morgan fingerprint density at radius 2 is 0.659 bits per heavy atom. The summed E-state index contributed by atoms with van der Waals surface area (Å²) >= 11 is 1.89. The molecule has 0 unspecified atom stereocenters. The van der Waals surface area contributed by atoms with Crippen molar-refractivity contribution in [1.82, 2.24) is 13.7 Å². The lowest BCUT2D eigenvalue weighted by Gasteiger charge is -2.46. The Morgan fingerprint density at radius 3 is 1.20 bits per heavy atom. The Morgan fingerprint density at radius 1 is 0.252 bits per heavy atom. The summed E-state index contributed by atoms with van der Waals surface area (Å²) in [5.41, 5.74) is 38.2. The van der Waals surface area contributed by atoms with Crippen LogP contribution in [0, 0.1) is 11.3 Å². The lowest BCUT2D eigenvalue weighted by molar-refractivity contribution is 0.590. The molecule has 0 N–H and O–H groups in total. The quantitative estimate of drug-likeness (QED) is 0.128. The van der Waals surface area contributed by atoms with E-state index in [0.717, 1.165) is 145 Å². The SMILES string of the molecule is CC(C)(C)c1ccc(N2c3cc(-c4c(-c5cccc6c5sc5ccccc56)cccc4-n4c5ccc(C(C)(C)C)cc5c5cc(C(C)(C)C)ccc54)ccc3B3c4ccc(-n5c6ccc(C(C)(C)C)cc6c6cc(C(C)(C)C)ccc65)cc4N(c4c(-c5ccccc5)cc(C(C)(C)C)cc4-c4ccccc4)c4cc(-n5c6ccccc6c6cc(C#N)ccc65)cc2c43)c(-c2ccccc2)c1. The molecule has 658 valence electrons. The van der Waals surface area contributed by atoms with Crippen LogP contribution in [0.1, 0.15) is 164 Å². The predicted molar refractivity (Wildman–Crippen MR) is 580 cm³/mol. The molecule has 0 fully saturated rings. The van der Waals surface area contributed by atoms with Crippen molar-refractivity contribution in [2.45, 2.75) is 157 Å². The molecule has 0 bridgehead atoms. The van der Waals surface area contributed by atoms with Gasteiger partial charge < -0.3 is 23.5 Å². The molecule has 0 amide bonds. The third kappa shape index (κ3) is 13.8. The second-order valence-corrected chi connectivity index (χ2v) is 45.1. The van der Waals surface area contributed by atoms with Gasteiger partial charge in [-0.25, -0.2) is 0 Å². The highest BCUT2D eigenvalue weighted by Gasteiger charge is 2.47. The zero-order valence-corrected chi connectivity index (χ0v) is 81.4. The molecule has 0 saturated heterocycles. The van der Waals surface area contributed by atoms with Crippen LogP contribution in [0.15, 0.2) is 346 Å². The van der Waals surface area contributed by atoms with Crippen molar-refractivity contribution in [1.29, 1.82) is 5.26 Å². The van der Waals surface area contributed by atoms with Gasteiger partial charge in [0, 0.05) is 109 Å². The molecule has 0 atom stereocenters. The van der Waals surface area contributed by atoms with E-state index in [1.54, 1.807) is 0 Å². The maximum absolute atomic E-state index is 10.9. The second kappa shape index (κ2) is 30.8. The number of benzene rings is 17. The Labute approximate surface area is 797 Å². The van der Waals surface area contributed by atoms with Crippen molar-refractivity contribution in [3.05, 3.63) is 385 Å². The summed E-state index contributed by atoms with van der Waals surface area (Å²) in [6, 6.07) is 136. The molecule has 23 rings (SSSR count). The molecular weight excluding hydrogens is 1650 g/mol. The number of aromatic nitrogens is 3. The van der Waals surface area contributed by atoms with Crippen LogP contribution in [0.3, 0.4) is 0 Å². The number of anilines is 6. The molecule has 135 heavy (non-hydrogen) atoms. The average molecular weight is 1760 g/mol. The molecule has 21 aromatic rings. The van der Waals surface area contributed by atoms with Gasteiger partial charge in [0.15, 0.2) is 0 Å². The fourth-order valence-electron chi connectivity index (χ4n) is 21.9. The molecule has 8 heteroatoms. The highest BCUT2D eigenvalue weighted by Crippen LogP contribution is 2.57. The molecule has 0 radical (unpaired) electrons. The molecule has 2 aliphatic rings. The van der Waals surface area contributed by atoms with E-state index in [1.807, 2.05) is 17.4 Å². The van der Waals surface area contributed by atoms with Crippen molar-refractivity contribution >= 4 is 154 Å². The first-order chi connectivity index (χ1) is 64.7. The minimum Gasteiger partial charge on any atom is -0.311 e. The van der Waals surface area contributed by atoms with E-state index >= 15 is 0 Å². The molecule has 4 aromatic heterocycles. The van der Waals surface area contributed by atoms with Gasteiger partial charge in [-0.2, -0.15) is 5.26 Å². The first-order valence-electron chi connectivity index (χ1n) is 47.9. The molecule has 6 nitrogen and oxygen atoms in total. The maximum Gasteiger partial charge on any atom is 0.252 e. The lowest BCUT2D eigenvalue weighted by Crippen LogP contribution is -2.61. The third-order valence-corrected chi connectivity index (χ3v) is 30.4. The summed E-state index contributed by atoms with van der Waals surface area (Å²) in [4.78, 5) is 5.44. The molecule has 2 aliphatic heterocycles. The zero-order chi connectivity index (χ0) is 93.2. The number of nitrogens with zero attached hydrogens (tertiary/aromatic N) is 6. The highest BCUT2D eigenvalue weighted by molar-refractivity contribution is 7.26. The minimum atomic E-state index is -0.389. The van der Waals surface area contributed by atoms with E-state index < -0.39 is 0 Å². The molecule has 17 aromatic carbocycles. The summed E-state index contributed by atoms with van der Waals surface area (Å²) in [6.07, 6.45) is 0. The number of para-hydroxylation sites is 1. The van der Waals surface area contributed by atoms with E-state index in [2.05, 4.69) is 494 Å². The van der Waals surface area contributed by atoms with Crippen molar-refractivity contribution in [3.63, 3.8) is 0 Å². The average Bonchev–Trinajstić information content (AvgIpc) is 1.06. The zero-order valence-electron chi connectivity index (χ0n) is 80.6. The van der Waals surface area contributed by atoms with Crippen molar-refractivity contribution in [3.8, 4) is 78.8 Å². The Hall–Kier alpha value is -14.5. The van der Waals surface area contributed by atoms with Crippen molar-refractivity contribution in [2.75, 3.05) is 9.80 Å². The predicted octanol–water partition coefficient (Wildman–Crippen LogP) is 33.4. The van der Waals surface area contributed by atoms with Gasteiger partial charge in [0.1, 0.15) is 0 Å². The smallest absolute Gasteiger partial charge is 0.252 e. The van der Waals surface area contributed by atoms with Gasteiger partial charge in [-0.15, -0.1) is 11.3 Å². The molecule has 0 saturated carbocycles. The number of rotatable bonds is 10. The summed E-state index contributed by atoms with van der Waals surface area (Å²) in [7, 11) is 0. The minimum absolute atomic E-state index is 0.110. The Bertz CT molecular complexity index is 8350. The van der Waals surface area contributed by atoms with Gasteiger partial charge in [0.2, 0.25) is 0 Å². The van der Waals surface area contributed by atoms with E-state index in [0.29, 0.717) is 5.56 Å². The van der Waals surface area contributed by atoms with E-state index in [4.69, 9.17) is 0 Å². The maximum atomic E-state index is 10.9. The first kappa shape index (κ1) is 84.8. The summed E-state index contributed by atoms with van der Waals surface area (Å²) in [5.74, 6) is 0. The Kier molecular flexibility index (Phi) is 19.3. The number of hydrogen-bond donors (Lipinski definition) is 0. The number of hydrogen-bond acceptors (Lipinski definition) is 4. The number of thiophene rings is 1. The normalized spacial score (nSPS) is 13.2. The van der Waals surface area contributed by atoms with Crippen LogP contribution in [0.4, 0.5) is 34.1 Å². The van der Waals surface area contributed by atoms with Gasteiger partial charge in [-0.1, -0.05) is 331 Å². The van der Waals surface area contributed by atoms with Gasteiger partial charge in [-0.3, -0.25) is 0 Å². The van der Waals surface area contributed by atoms with Crippen LogP contribution in [0.25, 0.3) is 158 Å². The molecule has 6 heterocycles. The fourth-order valence-corrected chi connectivity index (χ4v) is 23.1. The standard InChI is InChI=1S/C127H111BN6S/c1-122(2,3)82-50-59-106(95(66-82)78-34-22-19-23-35-78)133-113-65-81(118-92(94-44-32-43-93-91-41-29-31-47-117(91)135-121(93)94)42-33-46-112(118)132-110-62-53-85(125(10,11)12)69-101(110)102-70-86(126(13,14)15)54-63-111(102)132)49-56-103(113)128-104-57-55-88(130-108-60-51-83(123(4,5)6)67-99(108)100-68-84(124(7,8)9)52-61-109(100)130)73-114(104)134(120-96(79-36-24-20-25-37-79)71-87(127(16,17)18)72-97(120)80-38-26-21-27-39-80)116-75-89(74-115(133)119(116)128)131-105-45-30-28-40-90(105)98-64-77(76-129)48-58-107(98)131/h19-75H,1-18H3. The van der Waals surface area contributed by atoms with Crippen LogP contribution in [-0.2, 0) is 32.5 Å². The number of fused-ring (bicyclic) bond motifs is 16. The van der Waals surface area contributed by atoms with Crippen LogP contribution in [0.2, 0.25) is 0 Å². The van der Waals surface area contributed by atoms with Crippen LogP contribution in [-0.4, -0.2) is 20.4 Å². The second-order valence-electron chi connectivity index (χ2n) is 44.0. The Balaban J connectivity index is 0.911. The van der Waals surface area contributed by atoms with Crippen LogP contribution >= 0.6 is 11.3 Å². The van der Waals surface area contributed by atoms with E-state index in [9.17, 15) is 5.26 Å². The third-order valence-electron chi connectivity index (χ3n) is 29.2. The summed E-state index contributed by atoms with van der Waals surface area (Å²) < 4.78 is 10.2.